The van der Waals surface area contributed by atoms with Gasteiger partial charge in [0.05, 0.1) is 13.2 Å². The average molecular weight is 395 g/mol. The molecule has 1 saturated heterocycles. The van der Waals surface area contributed by atoms with Crippen molar-refractivity contribution < 1.29 is 24.2 Å². The minimum atomic E-state index is -0.980. The highest BCUT2D eigenvalue weighted by Gasteiger charge is 2.30. The first-order valence-corrected chi connectivity index (χ1v) is 10.0. The van der Waals surface area contributed by atoms with Crippen LogP contribution in [0.1, 0.15) is 29.9 Å². The lowest BCUT2D eigenvalue weighted by Gasteiger charge is -2.23. The van der Waals surface area contributed by atoms with Gasteiger partial charge in [0.1, 0.15) is 13.2 Å². The molecule has 6 heteroatoms. The molecule has 1 unspecified atom stereocenters. The van der Waals surface area contributed by atoms with Crippen LogP contribution in [0.3, 0.4) is 0 Å². The Morgan fingerprint density at radius 3 is 2.31 bits per heavy atom. The van der Waals surface area contributed by atoms with Crippen LogP contribution in [0, 0.1) is 0 Å². The number of likely N-dealkylation sites (tertiary alicyclic amines) is 1. The Kier molecular flexibility index (Phi) is 5.92. The van der Waals surface area contributed by atoms with E-state index in [0.29, 0.717) is 13.2 Å². The third kappa shape index (κ3) is 4.33. The van der Waals surface area contributed by atoms with E-state index in [1.807, 2.05) is 29.2 Å². The highest BCUT2D eigenvalue weighted by atomic mass is 16.5. The van der Waals surface area contributed by atoms with Gasteiger partial charge in [-0.1, -0.05) is 48.5 Å². The van der Waals surface area contributed by atoms with Crippen LogP contribution in [0.5, 0.6) is 0 Å². The molecule has 4 rings (SSSR count). The van der Waals surface area contributed by atoms with Gasteiger partial charge in [-0.25, -0.2) is 4.79 Å². The fraction of sp³-hybridized carbons (Fsp3) is 0.391. The largest absolute Gasteiger partial charge is 0.480 e. The first-order chi connectivity index (χ1) is 14.1. The summed E-state index contributed by atoms with van der Waals surface area (Å²) in [5, 5.41) is 8.70. The Morgan fingerprint density at radius 1 is 1.00 bits per heavy atom. The summed E-state index contributed by atoms with van der Waals surface area (Å²) in [4.78, 5) is 25.1. The van der Waals surface area contributed by atoms with Crippen LogP contribution in [0.25, 0.3) is 11.1 Å². The minimum absolute atomic E-state index is 0.0552. The van der Waals surface area contributed by atoms with Gasteiger partial charge in [0.2, 0.25) is 0 Å². The maximum Gasteiger partial charge on any atom is 0.329 e. The van der Waals surface area contributed by atoms with Gasteiger partial charge in [-0.3, -0.25) is 9.69 Å². The number of rotatable bonds is 8. The molecule has 0 saturated carbocycles. The summed E-state index contributed by atoms with van der Waals surface area (Å²) < 4.78 is 10.9. The van der Waals surface area contributed by atoms with Crippen molar-refractivity contribution >= 4 is 11.9 Å². The fourth-order valence-electron chi connectivity index (χ4n) is 4.40. The monoisotopic (exact) mass is 395 g/mol. The van der Waals surface area contributed by atoms with E-state index in [4.69, 9.17) is 14.6 Å². The number of carboxylic acids is 1. The van der Waals surface area contributed by atoms with Crippen molar-refractivity contribution in [1.82, 2.24) is 4.90 Å². The Hall–Kier alpha value is -2.70. The SMILES string of the molecule is O=C(O)COCC1CCCN1CC(=O)OCC1c2ccccc2-c2ccccc21. The zero-order valence-corrected chi connectivity index (χ0v) is 16.3. The van der Waals surface area contributed by atoms with Crippen LogP contribution < -0.4 is 0 Å². The molecule has 0 radical (unpaired) electrons. The number of carboxylic acid groups (broad SMARTS) is 1. The van der Waals surface area contributed by atoms with Crippen molar-refractivity contribution in [2.24, 2.45) is 0 Å². The number of carbonyl (C=O) groups excluding carboxylic acids is 1. The van der Waals surface area contributed by atoms with Gasteiger partial charge in [0.15, 0.2) is 0 Å². The molecule has 1 atom stereocenters. The van der Waals surface area contributed by atoms with E-state index < -0.39 is 5.97 Å². The molecule has 1 N–H and O–H groups in total. The van der Waals surface area contributed by atoms with Gasteiger partial charge in [-0.15, -0.1) is 0 Å². The summed E-state index contributed by atoms with van der Waals surface area (Å²) >= 11 is 0. The average Bonchev–Trinajstić information content (AvgIpc) is 3.28. The van der Waals surface area contributed by atoms with Gasteiger partial charge < -0.3 is 14.6 Å². The highest BCUT2D eigenvalue weighted by Crippen LogP contribution is 2.44. The second kappa shape index (κ2) is 8.76. The molecule has 1 fully saturated rings. The first kappa shape index (κ1) is 19.6. The Bertz CT molecular complexity index is 851. The van der Waals surface area contributed by atoms with Gasteiger partial charge in [-0.05, 0) is 41.6 Å². The first-order valence-electron chi connectivity index (χ1n) is 10.0. The summed E-state index contributed by atoms with van der Waals surface area (Å²) in [5.41, 5.74) is 4.81. The van der Waals surface area contributed by atoms with E-state index in [1.165, 1.54) is 22.3 Å². The maximum absolute atomic E-state index is 12.5. The van der Waals surface area contributed by atoms with E-state index in [1.54, 1.807) is 0 Å². The molecule has 1 aliphatic heterocycles. The van der Waals surface area contributed by atoms with Crippen LogP contribution in [0.2, 0.25) is 0 Å². The molecule has 0 aromatic heterocycles. The molecule has 152 valence electrons. The van der Waals surface area contributed by atoms with Crippen molar-refractivity contribution in [2.75, 3.05) is 32.9 Å². The Labute approximate surface area is 170 Å². The number of esters is 1. The predicted molar refractivity (Wildman–Crippen MR) is 108 cm³/mol. The Balaban J connectivity index is 1.35. The summed E-state index contributed by atoms with van der Waals surface area (Å²) in [6.07, 6.45) is 1.87. The van der Waals surface area contributed by atoms with E-state index in [-0.39, 0.29) is 31.1 Å². The van der Waals surface area contributed by atoms with Crippen LogP contribution in [-0.2, 0) is 19.1 Å². The number of fused-ring (bicyclic) bond motifs is 3. The molecule has 0 amide bonds. The molecule has 1 aliphatic carbocycles. The number of aliphatic carboxylic acids is 1. The highest BCUT2D eigenvalue weighted by molar-refractivity contribution is 5.79. The van der Waals surface area contributed by atoms with Gasteiger partial charge in [-0.2, -0.15) is 0 Å². The number of carbonyl (C=O) groups is 2. The molecule has 29 heavy (non-hydrogen) atoms. The lowest BCUT2D eigenvalue weighted by molar-refractivity contribution is -0.147. The third-order valence-electron chi connectivity index (χ3n) is 5.74. The number of ether oxygens (including phenoxy) is 2. The number of nitrogens with zero attached hydrogens (tertiary/aromatic N) is 1. The van der Waals surface area contributed by atoms with Crippen LogP contribution in [0.15, 0.2) is 48.5 Å². The molecular weight excluding hydrogens is 370 g/mol. The molecule has 0 bridgehead atoms. The number of hydrogen-bond donors (Lipinski definition) is 1. The van der Waals surface area contributed by atoms with Crippen molar-refractivity contribution in [1.29, 1.82) is 0 Å². The van der Waals surface area contributed by atoms with Gasteiger partial charge in [0.25, 0.3) is 0 Å². The van der Waals surface area contributed by atoms with E-state index in [2.05, 4.69) is 24.3 Å². The van der Waals surface area contributed by atoms with E-state index >= 15 is 0 Å². The van der Waals surface area contributed by atoms with Crippen LogP contribution in [-0.4, -0.2) is 60.9 Å². The zero-order chi connectivity index (χ0) is 20.2. The lowest BCUT2D eigenvalue weighted by atomic mass is 9.98. The third-order valence-corrected chi connectivity index (χ3v) is 5.74. The maximum atomic E-state index is 12.5. The van der Waals surface area contributed by atoms with Gasteiger partial charge in [0, 0.05) is 12.0 Å². The standard InChI is InChI=1S/C23H25NO5/c25-22(26)15-28-13-16-6-5-11-24(16)12-23(27)29-14-21-19-9-3-1-7-17(19)18-8-2-4-10-20(18)21/h1-4,7-10,16,21H,5-6,11-15H2,(H,25,26). The zero-order valence-electron chi connectivity index (χ0n) is 16.3. The summed E-state index contributed by atoms with van der Waals surface area (Å²) in [7, 11) is 0. The fourth-order valence-corrected chi connectivity index (χ4v) is 4.40. The second-order valence-corrected chi connectivity index (χ2v) is 7.59. The molecule has 2 aliphatic rings. The summed E-state index contributed by atoms with van der Waals surface area (Å²) in [5.74, 6) is -1.18. The summed E-state index contributed by atoms with van der Waals surface area (Å²) in [6, 6.07) is 16.6. The van der Waals surface area contributed by atoms with Crippen molar-refractivity contribution in [3.8, 4) is 11.1 Å². The molecule has 0 spiro atoms. The number of hydrogen-bond acceptors (Lipinski definition) is 5. The molecule has 1 heterocycles. The van der Waals surface area contributed by atoms with Gasteiger partial charge >= 0.3 is 11.9 Å². The normalized spacial score (nSPS) is 18.4. The number of benzene rings is 2. The minimum Gasteiger partial charge on any atom is -0.480 e. The topological polar surface area (TPSA) is 76.1 Å². The molecule has 2 aromatic carbocycles. The molecule has 2 aromatic rings. The Morgan fingerprint density at radius 2 is 1.66 bits per heavy atom. The van der Waals surface area contributed by atoms with Crippen LogP contribution >= 0.6 is 0 Å². The van der Waals surface area contributed by atoms with E-state index in [9.17, 15) is 9.59 Å². The predicted octanol–water partition coefficient (Wildman–Crippen LogP) is 2.91. The quantitative estimate of drug-likeness (QED) is 0.693. The molecular formula is C23H25NO5. The second-order valence-electron chi connectivity index (χ2n) is 7.59. The molecule has 6 nitrogen and oxygen atoms in total. The van der Waals surface area contributed by atoms with Crippen molar-refractivity contribution in [2.45, 2.75) is 24.8 Å². The van der Waals surface area contributed by atoms with E-state index in [0.717, 1.165) is 19.4 Å². The lowest BCUT2D eigenvalue weighted by Crippen LogP contribution is -2.38. The smallest absolute Gasteiger partial charge is 0.329 e. The van der Waals surface area contributed by atoms with Crippen molar-refractivity contribution in [3.63, 3.8) is 0 Å². The van der Waals surface area contributed by atoms with Crippen LogP contribution in [0.4, 0.5) is 0 Å². The summed E-state index contributed by atoms with van der Waals surface area (Å²) in [6.45, 7) is 1.33. The van der Waals surface area contributed by atoms with Crippen molar-refractivity contribution in [3.05, 3.63) is 59.7 Å².